The summed E-state index contributed by atoms with van der Waals surface area (Å²) in [4.78, 5) is 72.6. The Balaban J connectivity index is 5.28. The molecule has 5 atom stereocenters. The van der Waals surface area contributed by atoms with E-state index in [1.807, 2.05) is 0 Å². The molecular formula is C75H132O17P2. The Bertz CT molecular complexity index is 2120. The Kier molecular flexibility index (Phi) is 65.1. The summed E-state index contributed by atoms with van der Waals surface area (Å²) in [7, 11) is -9.94. The monoisotopic (exact) mass is 1370 g/mol. The number of carbonyl (C=O) groups excluding carboxylic acids is 4. The summed E-state index contributed by atoms with van der Waals surface area (Å²) in [6.45, 7) is 4.62. The van der Waals surface area contributed by atoms with E-state index in [9.17, 15) is 43.2 Å². The largest absolute Gasteiger partial charge is 0.472 e. The third-order valence-corrected chi connectivity index (χ3v) is 17.2. The minimum atomic E-state index is -4.97. The first-order valence-corrected chi connectivity index (χ1v) is 39.8. The molecule has 0 spiro atoms. The van der Waals surface area contributed by atoms with Crippen molar-refractivity contribution < 1.29 is 80.2 Å². The van der Waals surface area contributed by atoms with Crippen LogP contribution in [-0.2, 0) is 65.4 Å². The Morgan fingerprint density at radius 2 is 0.585 bits per heavy atom. The van der Waals surface area contributed by atoms with Crippen LogP contribution in [0.5, 0.6) is 0 Å². The maximum atomic E-state index is 13.0. The molecule has 0 aliphatic heterocycles. The fourth-order valence-electron chi connectivity index (χ4n) is 9.70. The van der Waals surface area contributed by atoms with E-state index in [-0.39, 0.29) is 25.7 Å². The number of hydrogen-bond donors (Lipinski definition) is 3. The quantitative estimate of drug-likeness (QED) is 0.0169. The molecule has 0 heterocycles. The van der Waals surface area contributed by atoms with Crippen molar-refractivity contribution >= 4 is 39.5 Å². The maximum Gasteiger partial charge on any atom is 0.472 e. The van der Waals surface area contributed by atoms with Gasteiger partial charge in [0.1, 0.15) is 19.3 Å². The minimum absolute atomic E-state index is 0.0819. The molecule has 0 aliphatic rings. The zero-order valence-electron chi connectivity index (χ0n) is 59.1. The fourth-order valence-corrected chi connectivity index (χ4v) is 11.3. The molecule has 5 unspecified atom stereocenters. The van der Waals surface area contributed by atoms with Gasteiger partial charge in [0.2, 0.25) is 0 Å². The number of ether oxygens (including phenoxy) is 4. The Hall–Kier alpha value is -3.76. The number of phosphoric acid groups is 2. The lowest BCUT2D eigenvalue weighted by Crippen LogP contribution is -2.30. The van der Waals surface area contributed by atoms with Gasteiger partial charge in [-0.1, -0.05) is 260 Å². The second-order valence-corrected chi connectivity index (χ2v) is 27.4. The van der Waals surface area contributed by atoms with E-state index in [1.54, 1.807) is 0 Å². The number of unbranched alkanes of at least 4 members (excludes halogenated alkanes) is 29. The van der Waals surface area contributed by atoms with Gasteiger partial charge in [-0.2, -0.15) is 0 Å². The molecule has 0 rings (SSSR count). The van der Waals surface area contributed by atoms with Crippen molar-refractivity contribution in [2.24, 2.45) is 0 Å². The topological polar surface area (TPSA) is 237 Å². The number of allylic oxidation sites excluding steroid dienone is 14. The highest BCUT2D eigenvalue weighted by atomic mass is 31.2. The lowest BCUT2D eigenvalue weighted by molar-refractivity contribution is -0.161. The van der Waals surface area contributed by atoms with Crippen LogP contribution in [0.4, 0.5) is 0 Å². The van der Waals surface area contributed by atoms with Gasteiger partial charge in [0.15, 0.2) is 12.2 Å². The number of phosphoric ester groups is 2. The van der Waals surface area contributed by atoms with Crippen LogP contribution in [0.2, 0.25) is 0 Å². The van der Waals surface area contributed by atoms with E-state index in [4.69, 9.17) is 37.0 Å². The number of carbonyl (C=O) groups is 4. The molecule has 0 saturated carbocycles. The summed E-state index contributed by atoms with van der Waals surface area (Å²) in [5.41, 5.74) is 0. The van der Waals surface area contributed by atoms with E-state index >= 15 is 0 Å². The molecule has 0 aromatic rings. The smallest absolute Gasteiger partial charge is 0.462 e. The number of hydrogen-bond acceptors (Lipinski definition) is 15. The molecule has 94 heavy (non-hydrogen) atoms. The third-order valence-electron chi connectivity index (χ3n) is 15.3. The lowest BCUT2D eigenvalue weighted by Gasteiger charge is -2.21. The predicted octanol–water partition coefficient (Wildman–Crippen LogP) is 20.7. The van der Waals surface area contributed by atoms with E-state index in [0.717, 1.165) is 180 Å². The van der Waals surface area contributed by atoms with Gasteiger partial charge >= 0.3 is 39.5 Å². The average molecular weight is 1370 g/mol. The molecule has 0 amide bonds. The van der Waals surface area contributed by atoms with Gasteiger partial charge in [0.25, 0.3) is 0 Å². The van der Waals surface area contributed by atoms with Crippen molar-refractivity contribution in [1.82, 2.24) is 0 Å². The van der Waals surface area contributed by atoms with Crippen molar-refractivity contribution in [2.75, 3.05) is 39.6 Å². The molecule has 0 bridgehead atoms. The van der Waals surface area contributed by atoms with Crippen LogP contribution in [0.15, 0.2) is 85.1 Å². The van der Waals surface area contributed by atoms with Crippen LogP contribution >= 0.6 is 15.6 Å². The minimum Gasteiger partial charge on any atom is -0.462 e. The normalized spacial score (nSPS) is 14.5. The standard InChI is InChI=1S/C75H132O17P2/c1-5-9-13-17-21-25-29-31-32-33-34-35-36-38-42-44-48-52-56-60-73(78)86-66-71(92-75(80)62-58-54-50-46-40-28-24-20-16-12-8-4)68-90-94(83,84)88-64-69(76)63-87-93(81,82)89-67-70(91-74(79)61-57-53-49-45-39-27-23-19-15-11-7-3)65-85-72(77)59-55-51-47-43-41-37-30-26-22-18-14-10-6-2/h9,13-14,18,20-21,24-26,30-32,34-35,69-71,76H,5-8,10-12,15-17,19,22-23,27-29,33,36-68H2,1-4H3,(H,81,82)(H,83,84)/b13-9-,18-14-,24-20-,25-21-,30-26-,32-31-,35-34-. The van der Waals surface area contributed by atoms with Crippen molar-refractivity contribution in [3.63, 3.8) is 0 Å². The molecule has 0 radical (unpaired) electrons. The highest BCUT2D eigenvalue weighted by molar-refractivity contribution is 7.47. The van der Waals surface area contributed by atoms with E-state index in [1.165, 1.54) is 51.4 Å². The van der Waals surface area contributed by atoms with E-state index in [0.29, 0.717) is 25.7 Å². The van der Waals surface area contributed by atoms with Gasteiger partial charge in [-0.25, -0.2) is 9.13 Å². The van der Waals surface area contributed by atoms with Crippen LogP contribution in [0.3, 0.4) is 0 Å². The number of aliphatic hydroxyl groups excluding tert-OH is 1. The molecule has 0 saturated heterocycles. The average Bonchev–Trinajstić information content (AvgIpc) is 1.24. The van der Waals surface area contributed by atoms with Crippen LogP contribution in [0, 0.1) is 0 Å². The molecule has 19 heteroatoms. The van der Waals surface area contributed by atoms with Gasteiger partial charge < -0.3 is 33.8 Å². The first-order valence-electron chi connectivity index (χ1n) is 36.8. The molecule has 544 valence electrons. The van der Waals surface area contributed by atoms with Crippen molar-refractivity contribution in [3.8, 4) is 0 Å². The zero-order valence-corrected chi connectivity index (χ0v) is 60.9. The van der Waals surface area contributed by atoms with E-state index in [2.05, 4.69) is 113 Å². The van der Waals surface area contributed by atoms with Crippen LogP contribution in [0.1, 0.15) is 310 Å². The molecule has 0 aromatic heterocycles. The molecular weight excluding hydrogens is 1230 g/mol. The number of rotatable bonds is 69. The molecule has 0 fully saturated rings. The summed E-state index contributed by atoms with van der Waals surface area (Å²) >= 11 is 0. The highest BCUT2D eigenvalue weighted by Crippen LogP contribution is 2.45. The Labute approximate surface area is 570 Å². The fraction of sp³-hybridized carbons (Fsp3) is 0.760. The van der Waals surface area contributed by atoms with Gasteiger partial charge in [-0.3, -0.25) is 37.3 Å². The summed E-state index contributed by atoms with van der Waals surface area (Å²) in [5, 5.41) is 10.6. The van der Waals surface area contributed by atoms with Gasteiger partial charge in [0.05, 0.1) is 26.4 Å². The third kappa shape index (κ3) is 66.8. The van der Waals surface area contributed by atoms with Crippen molar-refractivity contribution in [2.45, 2.75) is 329 Å². The van der Waals surface area contributed by atoms with Crippen molar-refractivity contribution in [3.05, 3.63) is 85.1 Å². The van der Waals surface area contributed by atoms with Crippen LogP contribution in [-0.4, -0.2) is 96.7 Å². The first-order chi connectivity index (χ1) is 45.7. The van der Waals surface area contributed by atoms with Crippen LogP contribution in [0.25, 0.3) is 0 Å². The SMILES string of the molecule is CC/C=C\C/C=C\C/C=C\C/C=C\CCCCCCCCC(=O)OCC(COP(=O)(O)OCC(O)COP(=O)(O)OCC(COC(=O)CCCCCCC/C=C\C/C=C\CCC)OC(=O)CCCCCCCCCCCCC)OC(=O)CCCCCCC/C=C\CCCC. The summed E-state index contributed by atoms with van der Waals surface area (Å²) in [6.07, 6.45) is 67.3. The molecule has 3 N–H and O–H groups in total. The Morgan fingerprint density at radius 3 is 0.936 bits per heavy atom. The molecule has 17 nitrogen and oxygen atoms in total. The first kappa shape index (κ1) is 90.2. The predicted molar refractivity (Wildman–Crippen MR) is 381 cm³/mol. The summed E-state index contributed by atoms with van der Waals surface area (Å²) in [5.74, 6) is -2.20. The van der Waals surface area contributed by atoms with E-state index < -0.39 is 97.5 Å². The van der Waals surface area contributed by atoms with Gasteiger partial charge in [-0.05, 0) is 109 Å². The van der Waals surface area contributed by atoms with Gasteiger partial charge in [0, 0.05) is 25.7 Å². The highest BCUT2D eigenvalue weighted by Gasteiger charge is 2.30. The Morgan fingerprint density at radius 1 is 0.309 bits per heavy atom. The lowest BCUT2D eigenvalue weighted by atomic mass is 10.1. The van der Waals surface area contributed by atoms with Crippen molar-refractivity contribution in [1.29, 1.82) is 0 Å². The second kappa shape index (κ2) is 67.8. The summed E-state index contributed by atoms with van der Waals surface area (Å²) in [6, 6.07) is 0. The van der Waals surface area contributed by atoms with Crippen LogP contribution < -0.4 is 0 Å². The molecule has 0 aromatic carbocycles. The van der Waals surface area contributed by atoms with Gasteiger partial charge in [-0.15, -0.1) is 0 Å². The summed E-state index contributed by atoms with van der Waals surface area (Å²) < 4.78 is 68.3. The number of esters is 4. The maximum absolute atomic E-state index is 13.0. The second-order valence-electron chi connectivity index (χ2n) is 24.5. The number of aliphatic hydroxyl groups is 1. The zero-order chi connectivity index (χ0) is 69.0. The molecule has 0 aliphatic carbocycles.